The average Bonchev–Trinajstić information content (AvgIpc) is 3.43. The number of carbonyl (C=O) groups excluding carboxylic acids is 2. The summed E-state index contributed by atoms with van der Waals surface area (Å²) in [4.78, 5) is 32.8. The van der Waals surface area contributed by atoms with Crippen molar-refractivity contribution in [2.75, 3.05) is 38.6 Å². The van der Waals surface area contributed by atoms with Gasteiger partial charge < -0.3 is 10.2 Å². The first kappa shape index (κ1) is 29.4. The lowest BCUT2D eigenvalue weighted by Gasteiger charge is -2.40. The molecule has 1 fully saturated rings. The number of halogens is 2. The van der Waals surface area contributed by atoms with Gasteiger partial charge in [-0.2, -0.15) is 0 Å². The van der Waals surface area contributed by atoms with E-state index in [4.69, 9.17) is 0 Å². The summed E-state index contributed by atoms with van der Waals surface area (Å²) in [6, 6.07) is 16.4. The fourth-order valence-corrected chi connectivity index (χ4v) is 6.20. The van der Waals surface area contributed by atoms with Crippen LogP contribution in [0, 0.1) is 0 Å². The number of hydrogen-bond acceptors (Lipinski definition) is 4. The Balaban J connectivity index is 0.00000190. The molecule has 5 rings (SSSR count). The Kier molecular flexibility index (Phi) is 9.68. The van der Waals surface area contributed by atoms with Crippen LogP contribution in [0.3, 0.4) is 0 Å². The summed E-state index contributed by atoms with van der Waals surface area (Å²) >= 11 is 0. The number of nitrogens with zero attached hydrogens (tertiary/aromatic N) is 3. The topological polar surface area (TPSA) is 55.9 Å². The molecule has 6 nitrogen and oxygen atoms in total. The monoisotopic (exact) mass is 546 g/mol. The zero-order valence-corrected chi connectivity index (χ0v) is 23.7. The zero-order chi connectivity index (χ0) is 24.6. The second-order valence-electron chi connectivity index (χ2n) is 10.8. The minimum atomic E-state index is -0.484. The summed E-state index contributed by atoms with van der Waals surface area (Å²) in [5, 5.41) is 3.07. The van der Waals surface area contributed by atoms with Crippen LogP contribution in [-0.2, 0) is 27.8 Å². The molecule has 8 heteroatoms. The molecule has 2 atom stereocenters. The lowest BCUT2D eigenvalue weighted by molar-refractivity contribution is -0.127. The number of amides is 2. The van der Waals surface area contributed by atoms with Crippen molar-refractivity contribution < 1.29 is 9.59 Å². The van der Waals surface area contributed by atoms with Gasteiger partial charge >= 0.3 is 0 Å². The molecule has 202 valence electrons. The van der Waals surface area contributed by atoms with Crippen molar-refractivity contribution >= 4 is 42.3 Å². The Bertz CT molecular complexity index is 1100. The highest BCUT2D eigenvalue weighted by molar-refractivity contribution is 6.03. The van der Waals surface area contributed by atoms with E-state index in [9.17, 15) is 9.59 Å². The molecule has 3 aliphatic rings. The van der Waals surface area contributed by atoms with Gasteiger partial charge in [0.15, 0.2) is 0 Å². The van der Waals surface area contributed by atoms with Gasteiger partial charge in [-0.05, 0) is 88.0 Å². The molecule has 0 saturated carbocycles. The van der Waals surface area contributed by atoms with E-state index in [2.05, 4.69) is 34.5 Å². The lowest BCUT2D eigenvalue weighted by atomic mass is 9.74. The molecule has 37 heavy (non-hydrogen) atoms. The van der Waals surface area contributed by atoms with Crippen LogP contribution in [0.4, 0.5) is 5.69 Å². The van der Waals surface area contributed by atoms with Crippen LogP contribution in [0.5, 0.6) is 0 Å². The van der Waals surface area contributed by atoms with Crippen molar-refractivity contribution in [1.82, 2.24) is 15.1 Å². The molecule has 2 amide bonds. The number of fused-ring (bicyclic) bond motifs is 3. The van der Waals surface area contributed by atoms with E-state index in [0.717, 1.165) is 43.7 Å². The first-order valence-corrected chi connectivity index (χ1v) is 13.1. The van der Waals surface area contributed by atoms with Crippen LogP contribution < -0.4 is 10.2 Å². The number of carbonyl (C=O) groups is 2. The number of likely N-dealkylation sites (tertiary alicyclic amines) is 1. The van der Waals surface area contributed by atoms with E-state index < -0.39 is 6.04 Å². The first-order chi connectivity index (χ1) is 16.9. The van der Waals surface area contributed by atoms with Crippen molar-refractivity contribution in [3.8, 4) is 0 Å². The third-order valence-electron chi connectivity index (χ3n) is 8.59. The molecule has 1 spiro atoms. The van der Waals surface area contributed by atoms with Gasteiger partial charge in [0.1, 0.15) is 6.04 Å². The van der Waals surface area contributed by atoms with Crippen LogP contribution in [0.25, 0.3) is 0 Å². The highest BCUT2D eigenvalue weighted by Crippen LogP contribution is 2.46. The zero-order valence-electron chi connectivity index (χ0n) is 22.1. The minimum absolute atomic E-state index is 0. The van der Waals surface area contributed by atoms with Crippen molar-refractivity contribution in [3.63, 3.8) is 0 Å². The number of aryl methyl sites for hydroxylation is 1. The molecule has 0 aromatic heterocycles. The standard InChI is InChI=1S/C29H38N4O2.2ClH/c1-21(31(2)3)30-28(35)26-20-23-9-5-7-11-25(23)33(26)27(34)13-17-32-18-15-29(16-19-32)14-12-22-8-4-6-10-24(22)29;;/h4-11,21,26H,12-20H2,1-3H3,(H,30,35);2*1H/t21-,26?;;/m0../s1. The summed E-state index contributed by atoms with van der Waals surface area (Å²) < 4.78 is 0. The number of anilines is 1. The van der Waals surface area contributed by atoms with Gasteiger partial charge in [-0.25, -0.2) is 0 Å². The number of nitrogens with one attached hydrogen (secondary N) is 1. The molecular weight excluding hydrogens is 507 g/mol. The second kappa shape index (κ2) is 12.2. The molecule has 2 aromatic carbocycles. The van der Waals surface area contributed by atoms with Crippen LogP contribution in [0.15, 0.2) is 48.5 Å². The van der Waals surface area contributed by atoms with E-state index in [1.807, 2.05) is 50.2 Å². The highest BCUT2D eigenvalue weighted by Gasteiger charge is 2.42. The van der Waals surface area contributed by atoms with Gasteiger partial charge in [-0.15, -0.1) is 24.8 Å². The maximum Gasteiger partial charge on any atom is 0.244 e. The fourth-order valence-electron chi connectivity index (χ4n) is 6.20. The maximum atomic E-state index is 13.5. The number of rotatable bonds is 6. The molecular formula is C29H40Cl2N4O2. The molecule has 1 unspecified atom stereocenters. The SMILES string of the molecule is C[C@@H](NC(=O)C1Cc2ccccc2N1C(=O)CCN1CCC2(CCc3ccccc32)CC1)N(C)C.Cl.Cl. The fraction of sp³-hybridized carbons (Fsp3) is 0.517. The minimum Gasteiger partial charge on any atom is -0.339 e. The van der Waals surface area contributed by atoms with Crippen LogP contribution in [0.1, 0.15) is 49.3 Å². The summed E-state index contributed by atoms with van der Waals surface area (Å²) in [5.74, 6) is -0.0466. The van der Waals surface area contributed by atoms with Gasteiger partial charge in [-0.3, -0.25) is 19.4 Å². The number of para-hydroxylation sites is 1. The van der Waals surface area contributed by atoms with Gasteiger partial charge in [0.2, 0.25) is 11.8 Å². The molecule has 2 aliphatic heterocycles. The number of piperidine rings is 1. The Labute approximate surface area is 233 Å². The summed E-state index contributed by atoms with van der Waals surface area (Å²) in [6.07, 6.45) is 5.69. The van der Waals surface area contributed by atoms with Crippen LogP contribution >= 0.6 is 24.8 Å². The van der Waals surface area contributed by atoms with Crippen LogP contribution in [-0.4, -0.2) is 67.6 Å². The average molecular weight is 548 g/mol. The van der Waals surface area contributed by atoms with Crippen molar-refractivity contribution in [2.45, 2.75) is 63.1 Å². The molecule has 2 heterocycles. The maximum absolute atomic E-state index is 13.5. The van der Waals surface area contributed by atoms with E-state index in [0.29, 0.717) is 18.3 Å². The molecule has 1 N–H and O–H groups in total. The summed E-state index contributed by atoms with van der Waals surface area (Å²) in [5.41, 5.74) is 5.37. The molecule has 0 radical (unpaired) electrons. The summed E-state index contributed by atoms with van der Waals surface area (Å²) in [7, 11) is 3.87. The molecule has 2 aromatic rings. The molecule has 1 saturated heterocycles. The van der Waals surface area contributed by atoms with Crippen LogP contribution in [0.2, 0.25) is 0 Å². The Morgan fingerprint density at radius 1 is 1.00 bits per heavy atom. The first-order valence-electron chi connectivity index (χ1n) is 13.1. The third kappa shape index (κ3) is 5.83. The summed E-state index contributed by atoms with van der Waals surface area (Å²) in [6.45, 7) is 4.76. The smallest absolute Gasteiger partial charge is 0.244 e. The van der Waals surface area contributed by atoms with E-state index >= 15 is 0 Å². The second-order valence-corrected chi connectivity index (χ2v) is 10.8. The normalized spacial score (nSPS) is 20.5. The lowest BCUT2D eigenvalue weighted by Crippen LogP contribution is -2.53. The van der Waals surface area contributed by atoms with E-state index in [-0.39, 0.29) is 42.8 Å². The molecule has 0 bridgehead atoms. The number of hydrogen-bond donors (Lipinski definition) is 1. The molecule has 1 aliphatic carbocycles. The Hall–Kier alpha value is -2.12. The van der Waals surface area contributed by atoms with E-state index in [1.165, 1.54) is 18.4 Å². The van der Waals surface area contributed by atoms with Crippen molar-refractivity contribution in [2.24, 2.45) is 0 Å². The Morgan fingerprint density at radius 3 is 2.35 bits per heavy atom. The van der Waals surface area contributed by atoms with Crippen molar-refractivity contribution in [1.29, 1.82) is 0 Å². The third-order valence-corrected chi connectivity index (χ3v) is 8.59. The van der Waals surface area contributed by atoms with Gasteiger partial charge in [0, 0.05) is 25.1 Å². The highest BCUT2D eigenvalue weighted by atomic mass is 35.5. The van der Waals surface area contributed by atoms with Gasteiger partial charge in [-0.1, -0.05) is 42.5 Å². The van der Waals surface area contributed by atoms with Gasteiger partial charge in [0.05, 0.1) is 6.17 Å². The quantitative estimate of drug-likeness (QED) is 0.552. The number of benzene rings is 2. The van der Waals surface area contributed by atoms with Crippen molar-refractivity contribution in [3.05, 3.63) is 65.2 Å². The predicted molar refractivity (Wildman–Crippen MR) is 154 cm³/mol. The largest absolute Gasteiger partial charge is 0.339 e. The Morgan fingerprint density at radius 2 is 1.65 bits per heavy atom. The van der Waals surface area contributed by atoms with Gasteiger partial charge in [0.25, 0.3) is 0 Å². The van der Waals surface area contributed by atoms with E-state index in [1.54, 1.807) is 10.5 Å². The predicted octanol–water partition coefficient (Wildman–Crippen LogP) is 4.18.